The largest absolute Gasteiger partial charge is 0.467 e. The predicted molar refractivity (Wildman–Crippen MR) is 324 cm³/mol. The summed E-state index contributed by atoms with van der Waals surface area (Å²) in [5.74, 6) is -1.28. The van der Waals surface area contributed by atoms with Gasteiger partial charge in [0.15, 0.2) is 5.78 Å². The van der Waals surface area contributed by atoms with E-state index in [-0.39, 0.29) is 30.6 Å². The number of amides is 1. The number of Topliss-reactive ketones (excluding diaryl/α,β-unsaturated/α-hetero) is 1. The van der Waals surface area contributed by atoms with Crippen molar-refractivity contribution in [3.8, 4) is 0 Å². The van der Waals surface area contributed by atoms with E-state index in [1.165, 1.54) is 36.9 Å². The number of methoxy groups -OCH3 is 2. The maximum absolute atomic E-state index is 12.3. The van der Waals surface area contributed by atoms with Crippen LogP contribution in [0.3, 0.4) is 0 Å². The third-order valence-electron chi connectivity index (χ3n) is 5.37. The molecule has 0 aromatic heterocycles. The number of hydrogen-bond acceptors (Lipinski definition) is 8. The predicted octanol–water partition coefficient (Wildman–Crippen LogP) is 2.66. The molecule has 332 valence electrons. The second-order valence-electron chi connectivity index (χ2n) is 8.78. The molecule has 7 nitrogen and oxygen atoms in total. The highest BCUT2D eigenvalue weighted by molar-refractivity contribution is 8.79. The van der Waals surface area contributed by atoms with Gasteiger partial charge in [-0.25, -0.2) is 9.59 Å². The Labute approximate surface area is 429 Å². The van der Waals surface area contributed by atoms with Crippen LogP contribution in [0.25, 0.3) is 0 Å². The van der Waals surface area contributed by atoms with E-state index >= 15 is 0 Å². The van der Waals surface area contributed by atoms with E-state index in [1.807, 2.05) is 136 Å². The minimum absolute atomic E-state index is 0.0320. The lowest BCUT2D eigenvalue weighted by Crippen LogP contribution is -2.41. The summed E-state index contributed by atoms with van der Waals surface area (Å²) in [5.41, 5.74) is 3.24. The Hall–Kier alpha value is 2.90. The number of benzene rings is 2. The Balaban J connectivity index is 0.000000490. The van der Waals surface area contributed by atoms with E-state index in [0.29, 0.717) is 11.1 Å². The molecule has 0 bridgehead atoms. The SMILES string of the molecule is COC(=O)[C@@H]1CC(=O)CN1C(=O)c1ccc(C)cc1.COC(=O)c1ccc(C)cc1.S=S=S=S=S=S=S=S=S=S=S=S=S=S=S=S=S=S=S=S=S=S=S=S=S=S=S=S=S. The molecule has 1 saturated heterocycles. The topological polar surface area (TPSA) is 90.0 Å². The number of carbonyl (C=O) groups is 4. The second-order valence-corrected chi connectivity index (χ2v) is 56.5. The average molecular weight is 1340 g/mol. The van der Waals surface area contributed by atoms with Crippen molar-refractivity contribution >= 4 is 286 Å². The molecular weight excluding hydrogens is 1320 g/mol. The summed E-state index contributed by atoms with van der Waals surface area (Å²) < 4.78 is 9.17. The normalized spacial score (nSPS) is 11.4. The fraction of sp³-hybridized carbons (Fsp3) is 0.304. The Morgan fingerprint density at radius 2 is 0.814 bits per heavy atom. The van der Waals surface area contributed by atoms with Crippen molar-refractivity contribution in [2.75, 3.05) is 20.8 Å². The molecule has 1 aliphatic heterocycles. The third-order valence-corrected chi connectivity index (χ3v) is 63.1. The van der Waals surface area contributed by atoms with Crippen LogP contribution in [-0.2, 0) is 281 Å². The molecule has 0 N–H and O–H groups in total. The van der Waals surface area contributed by atoms with E-state index < -0.39 is 12.0 Å². The average Bonchev–Trinajstić information content (AvgIpc) is 3.65. The molecular formula is C23H25NO6S29. The lowest BCUT2D eigenvalue weighted by atomic mass is 10.1. The summed E-state index contributed by atoms with van der Waals surface area (Å²) in [4.78, 5) is 47.5. The molecule has 1 aliphatic rings. The van der Waals surface area contributed by atoms with Crippen molar-refractivity contribution in [2.45, 2.75) is 26.3 Å². The van der Waals surface area contributed by atoms with Gasteiger partial charge in [0.25, 0.3) is 5.91 Å². The van der Waals surface area contributed by atoms with Crippen LogP contribution >= 0.6 is 0 Å². The fourth-order valence-electron chi connectivity index (χ4n) is 3.20. The molecule has 0 saturated carbocycles. The first-order valence-electron chi connectivity index (χ1n) is 14.1. The van der Waals surface area contributed by atoms with Crippen molar-refractivity contribution in [1.82, 2.24) is 4.90 Å². The Morgan fingerprint density at radius 1 is 0.508 bits per heavy atom. The third kappa shape index (κ3) is 32.3. The van der Waals surface area contributed by atoms with Gasteiger partial charge in [-0.15, -0.1) is 0 Å². The van der Waals surface area contributed by atoms with E-state index in [4.69, 9.17) is 22.4 Å². The van der Waals surface area contributed by atoms with Gasteiger partial charge in [-0.1, -0.05) is 35.4 Å². The van der Waals surface area contributed by atoms with Crippen LogP contribution in [0.15, 0.2) is 48.5 Å². The molecule has 2 aromatic rings. The summed E-state index contributed by atoms with van der Waals surface area (Å²) >= 11 is 9.57. The highest BCUT2D eigenvalue weighted by atomic mass is 33.5. The number of aryl methyl sites for hydroxylation is 2. The number of ketones is 1. The summed E-state index contributed by atoms with van der Waals surface area (Å²) in [6.45, 7) is 3.86. The second kappa shape index (κ2) is 42.3. The number of nitrogens with zero attached hydrogens (tertiary/aromatic N) is 1. The molecule has 0 aliphatic carbocycles. The highest BCUT2D eigenvalue weighted by Crippen LogP contribution is 2.19. The van der Waals surface area contributed by atoms with Crippen LogP contribution in [0.4, 0.5) is 0 Å². The van der Waals surface area contributed by atoms with Crippen LogP contribution in [0, 0.1) is 13.8 Å². The Morgan fingerprint density at radius 3 is 1.10 bits per heavy atom. The van der Waals surface area contributed by atoms with Gasteiger partial charge in [0.1, 0.15) is 6.04 Å². The van der Waals surface area contributed by atoms with Crippen LogP contribution in [-0.4, -0.2) is 55.3 Å². The molecule has 0 spiro atoms. The van der Waals surface area contributed by atoms with Crippen molar-refractivity contribution in [1.29, 1.82) is 0 Å². The molecule has 36 heteroatoms. The van der Waals surface area contributed by atoms with Crippen LogP contribution in [0.5, 0.6) is 0 Å². The molecule has 1 heterocycles. The molecule has 3 rings (SSSR count). The van der Waals surface area contributed by atoms with Gasteiger partial charge in [-0.3, -0.25) is 9.59 Å². The molecule has 0 unspecified atom stereocenters. The van der Waals surface area contributed by atoms with Crippen molar-refractivity contribution in [3.63, 3.8) is 0 Å². The van der Waals surface area contributed by atoms with Crippen molar-refractivity contribution < 1.29 is 28.7 Å². The molecule has 1 atom stereocenters. The van der Waals surface area contributed by atoms with Crippen molar-refractivity contribution in [2.24, 2.45) is 0 Å². The zero-order valence-electron chi connectivity index (χ0n) is 29.3. The van der Waals surface area contributed by atoms with E-state index in [0.717, 1.165) is 11.1 Å². The first-order valence-corrected chi connectivity index (χ1v) is 51.4. The smallest absolute Gasteiger partial charge is 0.337 e. The lowest BCUT2D eigenvalue weighted by molar-refractivity contribution is -0.145. The summed E-state index contributed by atoms with van der Waals surface area (Å²) in [5, 5.41) is 0. The minimum Gasteiger partial charge on any atom is -0.467 e. The van der Waals surface area contributed by atoms with Crippen molar-refractivity contribution in [3.05, 3.63) is 70.8 Å². The fourth-order valence-corrected chi connectivity index (χ4v) is 71.8. The standard InChI is InChI=1S/C14H15NO4.C9H10O2.S29/c1-9-3-5-10(6-4-9)13(17)15-8-11(16)7-12(15)14(18)19-2;1-7-3-5-8(6-4-7)9(10)11-2;1-3-5-7-9-11-13-15-17-19-21-23-25-27-29-28-26-24-22-20-18-16-14-12-10-8-6-4-2/h3-6,12H,7-8H2,1-2H3;3-6H,1-2H3;/t12-;;/m0../s1. The first-order chi connectivity index (χ1) is 28.7. The van der Waals surface area contributed by atoms with E-state index in [2.05, 4.69) is 9.47 Å². The van der Waals surface area contributed by atoms with Gasteiger partial charge >= 0.3 is 11.9 Å². The van der Waals surface area contributed by atoms with Gasteiger partial charge in [0, 0.05) is 274 Å². The van der Waals surface area contributed by atoms with Crippen LogP contribution in [0.2, 0.25) is 0 Å². The summed E-state index contributed by atoms with van der Waals surface area (Å²) in [7, 11) is 49.9. The summed E-state index contributed by atoms with van der Waals surface area (Å²) in [6.07, 6.45) is 0.0320. The van der Waals surface area contributed by atoms with E-state index in [1.54, 1.807) is 149 Å². The maximum Gasteiger partial charge on any atom is 0.337 e. The molecule has 59 heavy (non-hydrogen) atoms. The molecule has 0 radical (unpaired) electrons. The zero-order chi connectivity index (χ0) is 43.4. The lowest BCUT2D eigenvalue weighted by Gasteiger charge is -2.21. The van der Waals surface area contributed by atoms with Gasteiger partial charge in [0.05, 0.1) is 26.3 Å². The minimum atomic E-state index is -0.800. The molecule has 1 amide bonds. The maximum atomic E-state index is 12.3. The number of hydrogen-bond donors (Lipinski definition) is 0. The van der Waals surface area contributed by atoms with Crippen LogP contribution < -0.4 is 0 Å². The highest BCUT2D eigenvalue weighted by Gasteiger charge is 2.39. The number of ether oxygens (including phenoxy) is 2. The Kier molecular flexibility index (Phi) is 42.9. The zero-order valence-corrected chi connectivity index (χ0v) is 53.0. The van der Waals surface area contributed by atoms with Gasteiger partial charge in [-0.05, 0) is 38.1 Å². The van der Waals surface area contributed by atoms with E-state index in [9.17, 15) is 19.2 Å². The summed E-state index contributed by atoms with van der Waals surface area (Å²) in [6, 6.07) is 13.5. The number of rotatable bonds is 3. The molecule has 2 aromatic carbocycles. The quantitative estimate of drug-likeness (QED) is 0.435. The van der Waals surface area contributed by atoms with Gasteiger partial charge < -0.3 is 14.4 Å². The molecule has 1 fully saturated rings. The first kappa shape index (κ1) is 59.9. The number of carbonyl (C=O) groups excluding carboxylic acids is 4. The number of likely N-dealkylation sites (tertiary alicyclic amines) is 1. The van der Waals surface area contributed by atoms with Gasteiger partial charge in [0.2, 0.25) is 0 Å². The monoisotopic (exact) mass is 1340 g/mol. The Bertz CT molecular complexity index is 2960. The van der Waals surface area contributed by atoms with Gasteiger partial charge in [-0.2, -0.15) is 0 Å². The van der Waals surface area contributed by atoms with Crippen LogP contribution in [0.1, 0.15) is 38.3 Å². The number of esters is 2.